The highest BCUT2D eigenvalue weighted by atomic mass is 79.9. The smallest absolute Gasteiger partial charge is 0.273 e. The van der Waals surface area contributed by atoms with Gasteiger partial charge in [0.25, 0.3) is 5.91 Å². The summed E-state index contributed by atoms with van der Waals surface area (Å²) < 4.78 is 0.601. The van der Waals surface area contributed by atoms with Crippen molar-refractivity contribution >= 4 is 27.7 Å². The molecule has 0 unspecified atom stereocenters. The van der Waals surface area contributed by atoms with E-state index in [-0.39, 0.29) is 18.5 Å². The van der Waals surface area contributed by atoms with Crippen LogP contribution in [0, 0.1) is 0 Å². The summed E-state index contributed by atoms with van der Waals surface area (Å²) in [7, 11) is 0. The molecular formula is C13H16BrN3O2. The molecule has 1 aromatic rings. The molecule has 1 aliphatic carbocycles. The van der Waals surface area contributed by atoms with Gasteiger partial charge in [0, 0.05) is 6.04 Å². The van der Waals surface area contributed by atoms with Gasteiger partial charge in [0.2, 0.25) is 5.91 Å². The normalized spacial score (nSPS) is 15.4. The van der Waals surface area contributed by atoms with E-state index >= 15 is 0 Å². The van der Waals surface area contributed by atoms with Crippen molar-refractivity contribution in [2.75, 3.05) is 6.54 Å². The molecule has 0 aromatic carbocycles. The number of nitrogens with two attached hydrogens (primary N) is 1. The Bertz CT molecular complexity index is 487. The summed E-state index contributed by atoms with van der Waals surface area (Å²) in [4.78, 5) is 29.3. The lowest BCUT2D eigenvalue weighted by Gasteiger charge is -2.27. The number of rotatable bonds is 4. The van der Waals surface area contributed by atoms with Crippen LogP contribution in [0.3, 0.4) is 0 Å². The molecule has 0 spiro atoms. The number of aromatic nitrogens is 1. The zero-order chi connectivity index (χ0) is 13.8. The number of hydrogen-bond donors (Lipinski definition) is 1. The Morgan fingerprint density at radius 2 is 2.05 bits per heavy atom. The quantitative estimate of drug-likeness (QED) is 0.856. The molecule has 0 radical (unpaired) electrons. The van der Waals surface area contributed by atoms with Crippen molar-refractivity contribution < 1.29 is 9.59 Å². The number of amides is 2. The highest BCUT2D eigenvalue weighted by molar-refractivity contribution is 9.10. The number of nitrogens with zero attached hydrogens (tertiary/aromatic N) is 2. The van der Waals surface area contributed by atoms with Crippen molar-refractivity contribution in [1.82, 2.24) is 9.88 Å². The zero-order valence-electron chi connectivity index (χ0n) is 10.5. The molecule has 1 saturated carbocycles. The molecule has 0 bridgehead atoms. The second kappa shape index (κ2) is 6.14. The predicted molar refractivity (Wildman–Crippen MR) is 74.4 cm³/mol. The number of carbonyl (C=O) groups is 2. The Kier molecular flexibility index (Phi) is 4.52. The number of pyridine rings is 1. The van der Waals surface area contributed by atoms with Crippen molar-refractivity contribution in [1.29, 1.82) is 0 Å². The van der Waals surface area contributed by atoms with Crippen LogP contribution in [0.5, 0.6) is 0 Å². The molecule has 1 heterocycles. The van der Waals surface area contributed by atoms with Crippen LogP contribution in [-0.4, -0.2) is 34.3 Å². The molecule has 2 rings (SSSR count). The Hall–Kier alpha value is -1.43. The zero-order valence-corrected chi connectivity index (χ0v) is 12.1. The van der Waals surface area contributed by atoms with Crippen LogP contribution in [0.4, 0.5) is 0 Å². The van der Waals surface area contributed by atoms with Crippen molar-refractivity contribution in [2.45, 2.75) is 31.7 Å². The van der Waals surface area contributed by atoms with E-state index in [1.165, 1.54) is 0 Å². The minimum Gasteiger partial charge on any atom is -0.368 e. The minimum atomic E-state index is -0.491. The minimum absolute atomic E-state index is 0.0440. The second-order valence-electron chi connectivity index (χ2n) is 4.68. The monoisotopic (exact) mass is 325 g/mol. The van der Waals surface area contributed by atoms with Gasteiger partial charge >= 0.3 is 0 Å². The van der Waals surface area contributed by atoms with Gasteiger partial charge in [-0.25, -0.2) is 4.98 Å². The van der Waals surface area contributed by atoms with Gasteiger partial charge in [0.15, 0.2) is 0 Å². The summed E-state index contributed by atoms with van der Waals surface area (Å²) in [6.45, 7) is -0.0440. The maximum absolute atomic E-state index is 12.5. The third-order valence-electron chi connectivity index (χ3n) is 3.29. The molecule has 102 valence electrons. The van der Waals surface area contributed by atoms with E-state index in [4.69, 9.17) is 5.73 Å². The lowest BCUT2D eigenvalue weighted by Crippen LogP contribution is -2.44. The molecular weight excluding hydrogens is 310 g/mol. The summed E-state index contributed by atoms with van der Waals surface area (Å²) in [6, 6.07) is 5.25. The maximum atomic E-state index is 12.5. The van der Waals surface area contributed by atoms with E-state index in [0.29, 0.717) is 10.3 Å². The van der Waals surface area contributed by atoms with Crippen LogP contribution in [0.1, 0.15) is 36.2 Å². The molecule has 2 N–H and O–H groups in total. The number of hydrogen-bond acceptors (Lipinski definition) is 3. The largest absolute Gasteiger partial charge is 0.368 e. The van der Waals surface area contributed by atoms with E-state index in [1.807, 2.05) is 0 Å². The molecule has 2 amide bonds. The highest BCUT2D eigenvalue weighted by Crippen LogP contribution is 2.24. The van der Waals surface area contributed by atoms with Crippen molar-refractivity contribution in [3.8, 4) is 0 Å². The standard InChI is InChI=1S/C13H16BrN3O2/c14-11-7-3-6-10(16-11)13(19)17(8-12(15)18)9-4-1-2-5-9/h3,6-7,9H,1-2,4-5,8H2,(H2,15,18). The average Bonchev–Trinajstić information content (AvgIpc) is 2.88. The third kappa shape index (κ3) is 3.53. The number of carbonyl (C=O) groups excluding carboxylic acids is 2. The topological polar surface area (TPSA) is 76.3 Å². The van der Waals surface area contributed by atoms with Crippen molar-refractivity contribution in [3.63, 3.8) is 0 Å². The first kappa shape index (κ1) is 14.0. The van der Waals surface area contributed by atoms with E-state index in [0.717, 1.165) is 25.7 Å². The molecule has 5 nitrogen and oxygen atoms in total. The molecule has 19 heavy (non-hydrogen) atoms. The summed E-state index contributed by atoms with van der Waals surface area (Å²) in [5.74, 6) is -0.720. The fraction of sp³-hybridized carbons (Fsp3) is 0.462. The summed E-state index contributed by atoms with van der Waals surface area (Å²) >= 11 is 3.24. The first-order valence-electron chi connectivity index (χ1n) is 6.30. The lowest BCUT2D eigenvalue weighted by atomic mass is 10.2. The van der Waals surface area contributed by atoms with E-state index in [1.54, 1.807) is 23.1 Å². The van der Waals surface area contributed by atoms with Gasteiger partial charge in [-0.15, -0.1) is 0 Å². The fourth-order valence-corrected chi connectivity index (χ4v) is 2.77. The maximum Gasteiger partial charge on any atom is 0.273 e. The molecule has 1 aliphatic rings. The number of halogens is 1. The van der Waals surface area contributed by atoms with E-state index < -0.39 is 5.91 Å². The third-order valence-corrected chi connectivity index (χ3v) is 3.73. The van der Waals surface area contributed by atoms with Gasteiger partial charge in [-0.05, 0) is 40.9 Å². The molecule has 0 saturated heterocycles. The molecule has 0 atom stereocenters. The van der Waals surface area contributed by atoms with E-state index in [2.05, 4.69) is 20.9 Å². The predicted octanol–water partition coefficient (Wildman–Crippen LogP) is 1.71. The second-order valence-corrected chi connectivity index (χ2v) is 5.50. The Labute approximate surface area is 120 Å². The highest BCUT2D eigenvalue weighted by Gasteiger charge is 2.29. The van der Waals surface area contributed by atoms with Gasteiger partial charge in [-0.3, -0.25) is 9.59 Å². The van der Waals surface area contributed by atoms with E-state index in [9.17, 15) is 9.59 Å². The summed E-state index contributed by atoms with van der Waals surface area (Å²) in [6.07, 6.45) is 4.01. The fourth-order valence-electron chi connectivity index (χ4n) is 2.43. The van der Waals surface area contributed by atoms with Crippen LogP contribution >= 0.6 is 15.9 Å². The van der Waals surface area contributed by atoms with Crippen LogP contribution in [-0.2, 0) is 4.79 Å². The van der Waals surface area contributed by atoms with Crippen molar-refractivity contribution in [2.24, 2.45) is 5.73 Å². The Balaban J connectivity index is 2.21. The first-order chi connectivity index (χ1) is 9.08. The van der Waals surface area contributed by atoms with Gasteiger partial charge in [-0.1, -0.05) is 18.9 Å². The van der Waals surface area contributed by atoms with Crippen LogP contribution in [0.15, 0.2) is 22.8 Å². The number of primary amides is 1. The molecule has 1 fully saturated rings. The summed E-state index contributed by atoms with van der Waals surface area (Å²) in [5, 5.41) is 0. The first-order valence-corrected chi connectivity index (χ1v) is 7.09. The molecule has 6 heteroatoms. The van der Waals surface area contributed by atoms with Crippen LogP contribution in [0.2, 0.25) is 0 Å². The van der Waals surface area contributed by atoms with Gasteiger partial charge < -0.3 is 10.6 Å². The Morgan fingerprint density at radius 1 is 1.37 bits per heavy atom. The van der Waals surface area contributed by atoms with Crippen LogP contribution in [0.25, 0.3) is 0 Å². The SMILES string of the molecule is NC(=O)CN(C(=O)c1cccc(Br)n1)C1CCCC1. The molecule has 1 aromatic heterocycles. The van der Waals surface area contributed by atoms with Gasteiger partial charge in [0.05, 0.1) is 6.54 Å². The molecule has 0 aliphatic heterocycles. The summed E-state index contributed by atoms with van der Waals surface area (Å²) in [5.41, 5.74) is 5.58. The van der Waals surface area contributed by atoms with Crippen molar-refractivity contribution in [3.05, 3.63) is 28.5 Å². The average molecular weight is 326 g/mol. The van der Waals surface area contributed by atoms with Crippen LogP contribution < -0.4 is 5.73 Å². The Morgan fingerprint density at radius 3 is 2.63 bits per heavy atom. The lowest BCUT2D eigenvalue weighted by molar-refractivity contribution is -0.119. The van der Waals surface area contributed by atoms with Gasteiger partial charge in [-0.2, -0.15) is 0 Å². The van der Waals surface area contributed by atoms with Gasteiger partial charge in [0.1, 0.15) is 10.3 Å².